The fourth-order valence-electron chi connectivity index (χ4n) is 1.30. The van der Waals surface area contributed by atoms with E-state index >= 15 is 0 Å². The summed E-state index contributed by atoms with van der Waals surface area (Å²) in [5, 5.41) is 0.981. The zero-order valence-corrected chi connectivity index (χ0v) is 13.3. The lowest BCUT2D eigenvalue weighted by Gasteiger charge is -2.06. The van der Waals surface area contributed by atoms with Crippen molar-refractivity contribution in [2.75, 3.05) is 6.61 Å². The molecule has 0 spiro atoms. The number of aromatic nitrogens is 1. The first-order valence-electron chi connectivity index (χ1n) is 5.35. The van der Waals surface area contributed by atoms with Gasteiger partial charge in [0.25, 0.3) is 0 Å². The summed E-state index contributed by atoms with van der Waals surface area (Å²) in [5.74, 6) is 0. The molecular formula is C11H7BrF3NO3S2. The highest BCUT2D eigenvalue weighted by Crippen LogP contribution is 2.28. The molecule has 0 unspecified atom stereocenters. The molecule has 114 valence electrons. The largest absolute Gasteiger partial charge is 0.413 e. The monoisotopic (exact) mass is 401 g/mol. The van der Waals surface area contributed by atoms with E-state index < -0.39 is 27.9 Å². The van der Waals surface area contributed by atoms with Gasteiger partial charge in [-0.3, -0.25) is 4.18 Å². The van der Waals surface area contributed by atoms with Gasteiger partial charge in [-0.1, -0.05) is 28.1 Å². The number of rotatable bonds is 4. The average Bonchev–Trinajstić information content (AvgIpc) is 2.87. The predicted molar refractivity (Wildman–Crippen MR) is 74.4 cm³/mol. The van der Waals surface area contributed by atoms with Crippen LogP contribution in [-0.4, -0.2) is 26.2 Å². The lowest BCUT2D eigenvalue weighted by Crippen LogP contribution is -2.20. The summed E-state index contributed by atoms with van der Waals surface area (Å²) in [7, 11) is -4.52. The number of alkyl halides is 3. The molecule has 4 nitrogen and oxygen atoms in total. The molecule has 2 rings (SSSR count). The maximum Gasteiger partial charge on any atom is 0.413 e. The minimum absolute atomic E-state index is 0.372. The van der Waals surface area contributed by atoms with E-state index in [0.717, 1.165) is 21.2 Å². The fourth-order valence-corrected chi connectivity index (χ4v) is 3.54. The van der Waals surface area contributed by atoms with Gasteiger partial charge in [-0.05, 0) is 12.1 Å². The summed E-state index contributed by atoms with van der Waals surface area (Å²) in [6.07, 6.45) is -4.72. The Morgan fingerprint density at radius 3 is 2.43 bits per heavy atom. The maximum absolute atomic E-state index is 12.0. The van der Waals surface area contributed by atoms with Crippen LogP contribution in [0.5, 0.6) is 0 Å². The van der Waals surface area contributed by atoms with Crippen molar-refractivity contribution in [3.05, 3.63) is 34.1 Å². The minimum atomic E-state index is -4.72. The first-order chi connectivity index (χ1) is 9.67. The van der Waals surface area contributed by atoms with Gasteiger partial charge in [0.1, 0.15) is 5.01 Å². The number of halogens is 4. The molecular weight excluding hydrogens is 395 g/mol. The van der Waals surface area contributed by atoms with Crippen molar-refractivity contribution in [1.82, 2.24) is 4.98 Å². The Morgan fingerprint density at radius 1 is 1.24 bits per heavy atom. The molecule has 1 aromatic carbocycles. The average molecular weight is 402 g/mol. The standard InChI is InChI=1S/C11H7BrF3NO3S2/c12-8-3-1-7(2-4-8)10-16-9(5-20-10)21(17,18)19-6-11(13,14)15/h1-5H,6H2. The molecule has 0 aliphatic rings. The van der Waals surface area contributed by atoms with Crippen molar-refractivity contribution in [3.8, 4) is 10.6 Å². The van der Waals surface area contributed by atoms with Crippen LogP contribution in [0.2, 0.25) is 0 Å². The number of hydrogen-bond acceptors (Lipinski definition) is 5. The van der Waals surface area contributed by atoms with Crippen LogP contribution in [0.25, 0.3) is 10.6 Å². The van der Waals surface area contributed by atoms with Gasteiger partial charge in [-0.2, -0.15) is 21.6 Å². The lowest BCUT2D eigenvalue weighted by atomic mass is 10.2. The summed E-state index contributed by atoms with van der Waals surface area (Å²) < 4.78 is 63.9. The first-order valence-corrected chi connectivity index (χ1v) is 8.43. The van der Waals surface area contributed by atoms with E-state index in [4.69, 9.17) is 0 Å². The molecule has 0 aliphatic carbocycles. The molecule has 0 amide bonds. The third-order valence-electron chi connectivity index (χ3n) is 2.21. The Hall–Kier alpha value is -0.970. The topological polar surface area (TPSA) is 56.3 Å². The zero-order valence-electron chi connectivity index (χ0n) is 10.1. The van der Waals surface area contributed by atoms with E-state index in [1.54, 1.807) is 24.3 Å². The van der Waals surface area contributed by atoms with Crippen LogP contribution in [0.15, 0.2) is 39.1 Å². The molecule has 0 saturated carbocycles. The van der Waals surface area contributed by atoms with Gasteiger partial charge in [-0.25, -0.2) is 4.98 Å². The summed E-state index contributed by atoms with van der Waals surface area (Å²) in [6.45, 7) is -1.87. The molecule has 0 radical (unpaired) electrons. The molecule has 2 aromatic rings. The van der Waals surface area contributed by atoms with E-state index in [-0.39, 0.29) is 0 Å². The Kier molecular flexibility index (Phi) is 4.71. The highest BCUT2D eigenvalue weighted by atomic mass is 79.9. The van der Waals surface area contributed by atoms with Crippen LogP contribution >= 0.6 is 27.3 Å². The molecule has 0 N–H and O–H groups in total. The van der Waals surface area contributed by atoms with Crippen molar-refractivity contribution >= 4 is 37.4 Å². The van der Waals surface area contributed by atoms with Crippen LogP contribution in [0.1, 0.15) is 0 Å². The predicted octanol–water partition coefficient (Wildman–Crippen LogP) is 3.84. The van der Waals surface area contributed by atoms with E-state index in [9.17, 15) is 21.6 Å². The second-order valence-electron chi connectivity index (χ2n) is 3.83. The van der Waals surface area contributed by atoms with E-state index in [1.165, 1.54) is 0 Å². The summed E-state index contributed by atoms with van der Waals surface area (Å²) in [6, 6.07) is 6.89. The Balaban J connectivity index is 2.21. The van der Waals surface area contributed by atoms with Gasteiger partial charge < -0.3 is 0 Å². The second kappa shape index (κ2) is 6.03. The summed E-state index contributed by atoms with van der Waals surface area (Å²) >= 11 is 4.26. The van der Waals surface area contributed by atoms with Crippen LogP contribution in [0.4, 0.5) is 13.2 Å². The van der Waals surface area contributed by atoms with Crippen LogP contribution < -0.4 is 0 Å². The molecule has 0 aliphatic heterocycles. The van der Waals surface area contributed by atoms with Crippen molar-refractivity contribution < 1.29 is 25.8 Å². The summed E-state index contributed by atoms with van der Waals surface area (Å²) in [5.41, 5.74) is 0.653. The maximum atomic E-state index is 12.0. The normalized spacial score (nSPS) is 12.6. The number of benzene rings is 1. The van der Waals surface area contributed by atoms with Gasteiger partial charge in [0.05, 0.1) is 0 Å². The zero-order chi connectivity index (χ0) is 15.7. The third kappa shape index (κ3) is 4.50. The summed E-state index contributed by atoms with van der Waals surface area (Å²) in [4.78, 5) is 3.81. The molecule has 0 atom stereocenters. The van der Waals surface area contributed by atoms with E-state index in [2.05, 4.69) is 25.1 Å². The molecule has 0 bridgehead atoms. The minimum Gasteiger partial charge on any atom is -0.256 e. The smallest absolute Gasteiger partial charge is 0.256 e. The Labute approximate surface area is 130 Å². The van der Waals surface area contributed by atoms with Crippen LogP contribution in [0.3, 0.4) is 0 Å². The van der Waals surface area contributed by atoms with Gasteiger partial charge in [0.2, 0.25) is 0 Å². The highest BCUT2D eigenvalue weighted by Gasteiger charge is 2.32. The van der Waals surface area contributed by atoms with Gasteiger partial charge in [-0.15, -0.1) is 11.3 Å². The Bertz CT molecular complexity index is 726. The quantitative estimate of drug-likeness (QED) is 0.730. The fraction of sp³-hybridized carbons (Fsp3) is 0.182. The molecule has 1 heterocycles. The number of nitrogens with zero attached hydrogens (tertiary/aromatic N) is 1. The molecule has 0 fully saturated rings. The SMILES string of the molecule is O=S(=O)(OCC(F)(F)F)c1csc(-c2ccc(Br)cc2)n1. The van der Waals surface area contributed by atoms with Gasteiger partial charge in [0, 0.05) is 15.4 Å². The molecule has 10 heteroatoms. The number of thiazole rings is 1. The molecule has 0 saturated heterocycles. The third-order valence-corrected chi connectivity index (χ3v) is 4.93. The van der Waals surface area contributed by atoms with Gasteiger partial charge in [0.15, 0.2) is 11.6 Å². The van der Waals surface area contributed by atoms with Crippen LogP contribution in [-0.2, 0) is 14.3 Å². The van der Waals surface area contributed by atoms with Gasteiger partial charge >= 0.3 is 16.3 Å². The van der Waals surface area contributed by atoms with Crippen molar-refractivity contribution in [2.24, 2.45) is 0 Å². The second-order valence-corrected chi connectivity index (χ2v) is 7.17. The van der Waals surface area contributed by atoms with Crippen molar-refractivity contribution in [2.45, 2.75) is 11.2 Å². The van der Waals surface area contributed by atoms with Crippen molar-refractivity contribution in [1.29, 1.82) is 0 Å². The number of hydrogen-bond donors (Lipinski definition) is 0. The highest BCUT2D eigenvalue weighted by molar-refractivity contribution is 9.10. The van der Waals surface area contributed by atoms with E-state index in [1.807, 2.05) is 0 Å². The van der Waals surface area contributed by atoms with E-state index in [0.29, 0.717) is 10.6 Å². The molecule has 21 heavy (non-hydrogen) atoms. The lowest BCUT2D eigenvalue weighted by molar-refractivity contribution is -0.152. The molecule has 1 aromatic heterocycles. The van der Waals surface area contributed by atoms with Crippen LogP contribution in [0, 0.1) is 0 Å². The van der Waals surface area contributed by atoms with Crippen molar-refractivity contribution in [3.63, 3.8) is 0 Å². The first kappa shape index (κ1) is 16.4. The Morgan fingerprint density at radius 2 is 1.86 bits per heavy atom.